The number of ether oxygens (including phenoxy) is 1. The van der Waals surface area contributed by atoms with Gasteiger partial charge in [-0.1, -0.05) is 42.5 Å². The third kappa shape index (κ3) is 3.06. The molecule has 2 aliphatic rings. The first-order valence-corrected chi connectivity index (χ1v) is 11.8. The van der Waals surface area contributed by atoms with Gasteiger partial charge in [0.1, 0.15) is 21.6 Å². The van der Waals surface area contributed by atoms with Crippen molar-refractivity contribution >= 4 is 33.1 Å². The number of hydrogen-bond donors (Lipinski definition) is 2. The molecule has 4 aromatic rings. The summed E-state index contributed by atoms with van der Waals surface area (Å²) in [7, 11) is 1.65. The van der Waals surface area contributed by atoms with Crippen molar-refractivity contribution in [2.24, 2.45) is 0 Å². The fourth-order valence-electron chi connectivity index (χ4n) is 4.85. The predicted molar refractivity (Wildman–Crippen MR) is 129 cm³/mol. The third-order valence-corrected chi connectivity index (χ3v) is 7.48. The van der Waals surface area contributed by atoms with Crippen molar-refractivity contribution in [2.45, 2.75) is 31.8 Å². The van der Waals surface area contributed by atoms with Gasteiger partial charge in [-0.05, 0) is 60.1 Å². The smallest absolute Gasteiger partial charge is 0.265 e. The predicted octanol–water partition coefficient (Wildman–Crippen LogP) is 5.70. The van der Waals surface area contributed by atoms with Gasteiger partial charge in [0, 0.05) is 11.1 Å². The number of nitrogens with zero attached hydrogens (tertiary/aromatic N) is 1. The van der Waals surface area contributed by atoms with Crippen molar-refractivity contribution in [3.63, 3.8) is 0 Å². The molecule has 2 N–H and O–H groups in total. The number of aryl methyl sites for hydroxylation is 1. The van der Waals surface area contributed by atoms with Crippen molar-refractivity contribution in [3.8, 4) is 16.9 Å². The Kier molecular flexibility index (Phi) is 4.61. The second-order valence-electron chi connectivity index (χ2n) is 8.30. The molecule has 0 spiro atoms. The molecule has 2 aromatic heterocycles. The van der Waals surface area contributed by atoms with Crippen LogP contribution >= 0.6 is 11.3 Å². The highest BCUT2D eigenvalue weighted by Crippen LogP contribution is 2.47. The number of carbonyl (C=O) groups excluding carboxylic acids is 1. The molecule has 1 aliphatic heterocycles. The Morgan fingerprint density at radius 2 is 1.78 bits per heavy atom. The fraction of sp³-hybridized carbons (Fsp3) is 0.231. The lowest BCUT2D eigenvalue weighted by Gasteiger charge is -2.27. The van der Waals surface area contributed by atoms with Crippen LogP contribution in [0.4, 0.5) is 5.69 Å². The maximum Gasteiger partial charge on any atom is 0.265 e. The Bertz CT molecular complexity index is 1330. The number of rotatable bonds is 3. The average Bonchev–Trinajstić information content (AvgIpc) is 3.22. The van der Waals surface area contributed by atoms with E-state index in [0.29, 0.717) is 4.88 Å². The molecule has 0 bridgehead atoms. The average molecular weight is 442 g/mol. The van der Waals surface area contributed by atoms with Crippen LogP contribution in [-0.2, 0) is 12.8 Å². The molecule has 0 saturated heterocycles. The van der Waals surface area contributed by atoms with Crippen LogP contribution in [0.2, 0.25) is 0 Å². The number of hydrogen-bond acceptors (Lipinski definition) is 5. The first-order valence-electron chi connectivity index (χ1n) is 11.0. The van der Waals surface area contributed by atoms with Gasteiger partial charge in [0.25, 0.3) is 5.91 Å². The summed E-state index contributed by atoms with van der Waals surface area (Å²) in [5.41, 5.74) is 6.83. The first kappa shape index (κ1) is 19.3. The zero-order valence-corrected chi connectivity index (χ0v) is 18.6. The fourth-order valence-corrected chi connectivity index (χ4v) is 5.92. The highest BCUT2D eigenvalue weighted by atomic mass is 32.1. The van der Waals surface area contributed by atoms with E-state index in [1.807, 2.05) is 30.3 Å². The number of anilines is 1. The minimum atomic E-state index is -0.307. The summed E-state index contributed by atoms with van der Waals surface area (Å²) in [6.45, 7) is 0. The van der Waals surface area contributed by atoms with Crippen LogP contribution in [0, 0.1) is 0 Å². The number of fused-ring (bicyclic) bond motifs is 4. The van der Waals surface area contributed by atoms with Gasteiger partial charge in [0.15, 0.2) is 0 Å². The molecule has 1 amide bonds. The number of nitrogens with one attached hydrogen (secondary N) is 2. The Labute approximate surface area is 190 Å². The summed E-state index contributed by atoms with van der Waals surface area (Å²) in [4.78, 5) is 19.8. The number of amides is 1. The lowest BCUT2D eigenvalue weighted by atomic mass is 9.87. The summed E-state index contributed by atoms with van der Waals surface area (Å²) in [6.07, 6.45) is 4.07. The quantitative estimate of drug-likeness (QED) is 0.428. The molecule has 5 nitrogen and oxygen atoms in total. The number of thiophene rings is 1. The van der Waals surface area contributed by atoms with Crippen molar-refractivity contribution in [3.05, 3.63) is 76.3 Å². The zero-order valence-electron chi connectivity index (χ0n) is 17.8. The van der Waals surface area contributed by atoms with E-state index in [1.54, 1.807) is 7.11 Å². The van der Waals surface area contributed by atoms with Gasteiger partial charge in [-0.2, -0.15) is 0 Å². The van der Waals surface area contributed by atoms with E-state index in [2.05, 4.69) is 34.9 Å². The van der Waals surface area contributed by atoms with Gasteiger partial charge in [0.2, 0.25) is 0 Å². The summed E-state index contributed by atoms with van der Waals surface area (Å²) in [5, 5.41) is 7.80. The lowest BCUT2D eigenvalue weighted by molar-refractivity contribution is 0.0940. The van der Waals surface area contributed by atoms with Crippen LogP contribution in [0.5, 0.6) is 5.75 Å². The lowest BCUT2D eigenvalue weighted by Crippen LogP contribution is -2.37. The van der Waals surface area contributed by atoms with E-state index in [0.717, 1.165) is 40.1 Å². The van der Waals surface area contributed by atoms with E-state index >= 15 is 0 Å². The molecule has 0 saturated carbocycles. The molecule has 6 heteroatoms. The van der Waals surface area contributed by atoms with Gasteiger partial charge in [-0.3, -0.25) is 4.79 Å². The molecule has 32 heavy (non-hydrogen) atoms. The Morgan fingerprint density at radius 3 is 2.56 bits per heavy atom. The van der Waals surface area contributed by atoms with Gasteiger partial charge in [-0.15, -0.1) is 11.3 Å². The number of carbonyl (C=O) groups is 1. The highest BCUT2D eigenvalue weighted by Gasteiger charge is 2.32. The molecule has 1 aliphatic carbocycles. The maximum absolute atomic E-state index is 13.1. The van der Waals surface area contributed by atoms with E-state index in [4.69, 9.17) is 9.72 Å². The van der Waals surface area contributed by atoms with Crippen molar-refractivity contribution in [2.75, 3.05) is 12.4 Å². The Balaban J connectivity index is 1.55. The van der Waals surface area contributed by atoms with E-state index in [1.165, 1.54) is 46.6 Å². The number of pyridine rings is 1. The summed E-state index contributed by atoms with van der Waals surface area (Å²) in [5.74, 6) is 0.735. The molecular formula is C26H23N3O2S. The highest BCUT2D eigenvalue weighted by molar-refractivity contribution is 7.21. The first-order chi connectivity index (χ1) is 15.7. The molecule has 1 atom stereocenters. The number of benzene rings is 2. The van der Waals surface area contributed by atoms with E-state index < -0.39 is 0 Å². The van der Waals surface area contributed by atoms with Crippen LogP contribution in [0.15, 0.2) is 54.6 Å². The molecule has 0 fully saturated rings. The number of methoxy groups -OCH3 is 1. The summed E-state index contributed by atoms with van der Waals surface area (Å²) in [6, 6.07) is 18.3. The van der Waals surface area contributed by atoms with Gasteiger partial charge >= 0.3 is 0 Å². The SMILES string of the molecule is COc1ccc([C@H]2NC(=O)c3sc4nc5c(c(-c6ccccc6)c4c3N2)CCCC5)cc1. The van der Waals surface area contributed by atoms with Crippen LogP contribution in [-0.4, -0.2) is 18.0 Å². The van der Waals surface area contributed by atoms with Crippen LogP contribution in [0.3, 0.4) is 0 Å². The van der Waals surface area contributed by atoms with E-state index in [9.17, 15) is 4.79 Å². The van der Waals surface area contributed by atoms with Crippen molar-refractivity contribution in [1.29, 1.82) is 0 Å². The van der Waals surface area contributed by atoms with Crippen LogP contribution in [0.25, 0.3) is 21.3 Å². The largest absolute Gasteiger partial charge is 0.497 e. The minimum absolute atomic E-state index is 0.0560. The molecule has 2 aromatic carbocycles. The molecule has 0 radical (unpaired) electrons. The van der Waals surface area contributed by atoms with Crippen LogP contribution < -0.4 is 15.4 Å². The topological polar surface area (TPSA) is 63.2 Å². The monoisotopic (exact) mass is 441 g/mol. The third-order valence-electron chi connectivity index (χ3n) is 6.40. The maximum atomic E-state index is 13.1. The molecular weight excluding hydrogens is 418 g/mol. The standard InChI is InChI=1S/C26H23N3O2S/c1-31-17-13-11-16(12-14-17)24-28-22-21-20(15-7-3-2-4-8-15)18-9-5-6-10-19(18)27-26(21)32-23(22)25(30)29-24/h2-4,7-8,11-14,24,28H,5-6,9-10H2,1H3,(H,29,30)/t24-/m1/s1. The Morgan fingerprint density at radius 1 is 1.00 bits per heavy atom. The summed E-state index contributed by atoms with van der Waals surface area (Å²) >= 11 is 1.49. The zero-order chi connectivity index (χ0) is 21.7. The molecule has 6 rings (SSSR count). The molecule has 160 valence electrons. The number of aromatic nitrogens is 1. The van der Waals surface area contributed by atoms with Crippen molar-refractivity contribution < 1.29 is 9.53 Å². The van der Waals surface area contributed by atoms with Gasteiger partial charge in [-0.25, -0.2) is 4.98 Å². The summed E-state index contributed by atoms with van der Waals surface area (Å²) < 4.78 is 5.28. The second kappa shape index (κ2) is 7.64. The Hall–Kier alpha value is -3.38. The van der Waals surface area contributed by atoms with Crippen LogP contribution in [0.1, 0.15) is 45.5 Å². The van der Waals surface area contributed by atoms with Gasteiger partial charge in [0.05, 0.1) is 12.8 Å². The second-order valence-corrected chi connectivity index (χ2v) is 9.29. The van der Waals surface area contributed by atoms with E-state index in [-0.39, 0.29) is 12.1 Å². The normalized spacial score (nSPS) is 17.3. The van der Waals surface area contributed by atoms with Crippen molar-refractivity contribution in [1.82, 2.24) is 10.3 Å². The molecule has 3 heterocycles. The van der Waals surface area contributed by atoms with Gasteiger partial charge < -0.3 is 15.4 Å². The minimum Gasteiger partial charge on any atom is -0.497 e. The molecule has 0 unspecified atom stereocenters.